The van der Waals surface area contributed by atoms with Gasteiger partial charge < -0.3 is 14.8 Å². The fraction of sp³-hybridized carbons (Fsp3) is 0.179. The van der Waals surface area contributed by atoms with Crippen LogP contribution in [-0.2, 0) is 22.6 Å². The van der Waals surface area contributed by atoms with Crippen LogP contribution in [0.1, 0.15) is 23.6 Å². The highest BCUT2D eigenvalue weighted by Gasteiger charge is 2.36. The lowest BCUT2D eigenvalue weighted by molar-refractivity contribution is -0.127. The number of benzene rings is 3. The Morgan fingerprint density at radius 3 is 2.55 bits per heavy atom. The Kier molecular flexibility index (Phi) is 9.14. The van der Waals surface area contributed by atoms with E-state index in [2.05, 4.69) is 21.2 Å². The first kappa shape index (κ1) is 27.8. The highest BCUT2D eigenvalue weighted by atomic mass is 79.9. The molecule has 0 atom stereocenters. The van der Waals surface area contributed by atoms with E-state index in [1.165, 1.54) is 7.11 Å². The van der Waals surface area contributed by atoms with E-state index in [4.69, 9.17) is 21.1 Å². The first-order valence-electron chi connectivity index (χ1n) is 11.7. The first-order chi connectivity index (χ1) is 18.3. The minimum atomic E-state index is -0.536. The molecule has 0 radical (unpaired) electrons. The van der Waals surface area contributed by atoms with Crippen molar-refractivity contribution in [2.24, 2.45) is 0 Å². The van der Waals surface area contributed by atoms with Gasteiger partial charge in [0, 0.05) is 16.3 Å². The Labute approximate surface area is 238 Å². The molecule has 1 aliphatic rings. The summed E-state index contributed by atoms with van der Waals surface area (Å²) in [4.78, 5) is 39.1. The Balaban J connectivity index is 1.46. The number of hydrogen-bond donors (Lipinski definition) is 1. The van der Waals surface area contributed by atoms with Gasteiger partial charge in [-0.3, -0.25) is 19.3 Å². The summed E-state index contributed by atoms with van der Waals surface area (Å²) in [5, 5.41) is 2.81. The highest BCUT2D eigenvalue weighted by Crippen LogP contribution is 2.39. The van der Waals surface area contributed by atoms with Crippen LogP contribution in [0.4, 0.5) is 10.5 Å². The van der Waals surface area contributed by atoms with Crippen molar-refractivity contribution in [3.8, 4) is 11.5 Å². The van der Waals surface area contributed by atoms with Crippen molar-refractivity contribution in [1.29, 1.82) is 0 Å². The molecule has 3 aromatic carbocycles. The minimum Gasteiger partial charge on any atom is -0.493 e. The Hall–Kier alpha value is -3.27. The third-order valence-electron chi connectivity index (χ3n) is 5.70. The highest BCUT2D eigenvalue weighted by molar-refractivity contribution is 9.10. The van der Waals surface area contributed by atoms with Gasteiger partial charge in [-0.1, -0.05) is 48.9 Å². The number of halogens is 2. The van der Waals surface area contributed by atoms with Crippen LogP contribution in [0.3, 0.4) is 0 Å². The summed E-state index contributed by atoms with van der Waals surface area (Å²) in [7, 11) is 1.51. The Bertz CT molecular complexity index is 1410. The lowest BCUT2D eigenvalue weighted by Gasteiger charge is -2.14. The van der Waals surface area contributed by atoms with Gasteiger partial charge in [0.1, 0.15) is 13.2 Å². The second kappa shape index (κ2) is 12.5. The molecule has 7 nitrogen and oxygen atoms in total. The summed E-state index contributed by atoms with van der Waals surface area (Å²) in [6.45, 7) is 1.90. The van der Waals surface area contributed by atoms with Gasteiger partial charge in [0.25, 0.3) is 11.1 Å². The van der Waals surface area contributed by atoms with Crippen molar-refractivity contribution >= 4 is 68.1 Å². The molecule has 1 heterocycles. The van der Waals surface area contributed by atoms with Crippen molar-refractivity contribution in [3.63, 3.8) is 0 Å². The number of methoxy groups -OCH3 is 1. The van der Waals surface area contributed by atoms with E-state index in [1.54, 1.807) is 36.4 Å². The van der Waals surface area contributed by atoms with E-state index in [-0.39, 0.29) is 18.1 Å². The monoisotopic (exact) mass is 614 g/mol. The number of hydrogen-bond acceptors (Lipinski definition) is 6. The maximum absolute atomic E-state index is 12.9. The number of rotatable bonds is 9. The number of ether oxygens (including phenoxy) is 2. The maximum Gasteiger partial charge on any atom is 0.294 e. The zero-order valence-electron chi connectivity index (χ0n) is 20.6. The van der Waals surface area contributed by atoms with Crippen molar-refractivity contribution in [2.45, 2.75) is 20.0 Å². The van der Waals surface area contributed by atoms with Crippen LogP contribution in [-0.4, -0.2) is 35.6 Å². The van der Waals surface area contributed by atoms with E-state index in [0.717, 1.165) is 34.2 Å². The van der Waals surface area contributed by atoms with Gasteiger partial charge in [-0.2, -0.15) is 0 Å². The molecule has 0 aromatic heterocycles. The molecule has 1 fully saturated rings. The lowest BCUT2D eigenvalue weighted by Crippen LogP contribution is -2.36. The topological polar surface area (TPSA) is 84.9 Å². The molecule has 0 saturated carbocycles. The Morgan fingerprint density at radius 1 is 1.13 bits per heavy atom. The number of carbonyl (C=O) groups is 3. The van der Waals surface area contributed by atoms with Crippen LogP contribution in [0.15, 0.2) is 70.0 Å². The second-order valence-electron chi connectivity index (χ2n) is 8.28. The van der Waals surface area contributed by atoms with Gasteiger partial charge in [-0.15, -0.1) is 0 Å². The second-order valence-corrected chi connectivity index (χ2v) is 10.5. The molecule has 3 aromatic rings. The predicted molar refractivity (Wildman–Crippen MR) is 154 cm³/mol. The molecule has 0 unspecified atom stereocenters. The lowest BCUT2D eigenvalue weighted by atomic mass is 10.1. The first-order valence-corrected chi connectivity index (χ1v) is 13.7. The fourth-order valence-electron chi connectivity index (χ4n) is 3.68. The molecule has 0 spiro atoms. The largest absolute Gasteiger partial charge is 0.493 e. The molecule has 4 rings (SSSR count). The molecular formula is C28H24BrClN2O5S. The smallest absolute Gasteiger partial charge is 0.294 e. The third kappa shape index (κ3) is 6.59. The van der Waals surface area contributed by atoms with Crippen LogP contribution in [0.25, 0.3) is 6.08 Å². The van der Waals surface area contributed by atoms with Crippen LogP contribution < -0.4 is 14.8 Å². The number of thioether (sulfide) groups is 1. The molecule has 3 amide bonds. The van der Waals surface area contributed by atoms with Crippen LogP contribution in [0.2, 0.25) is 5.02 Å². The van der Waals surface area contributed by atoms with Gasteiger partial charge >= 0.3 is 0 Å². The Morgan fingerprint density at radius 2 is 1.87 bits per heavy atom. The summed E-state index contributed by atoms with van der Waals surface area (Å²) in [5.74, 6) is -0.0838. The predicted octanol–water partition coefficient (Wildman–Crippen LogP) is 6.93. The van der Waals surface area contributed by atoms with E-state index < -0.39 is 17.1 Å². The van der Waals surface area contributed by atoms with Crippen molar-refractivity contribution in [1.82, 2.24) is 4.90 Å². The quantitative estimate of drug-likeness (QED) is 0.263. The molecule has 0 aliphatic carbocycles. The zero-order chi connectivity index (χ0) is 27.2. The van der Waals surface area contributed by atoms with E-state index in [1.807, 2.05) is 37.3 Å². The van der Waals surface area contributed by atoms with Crippen molar-refractivity contribution < 1.29 is 23.9 Å². The van der Waals surface area contributed by atoms with Gasteiger partial charge in [-0.25, -0.2) is 0 Å². The van der Waals surface area contributed by atoms with Gasteiger partial charge in [0.05, 0.1) is 16.5 Å². The molecule has 196 valence electrons. The number of nitrogens with one attached hydrogen (secondary N) is 1. The molecule has 1 aliphatic heterocycles. The van der Waals surface area contributed by atoms with E-state index in [0.29, 0.717) is 32.2 Å². The average molecular weight is 616 g/mol. The molecule has 1 saturated heterocycles. The third-order valence-corrected chi connectivity index (χ3v) is 7.57. The van der Waals surface area contributed by atoms with E-state index in [9.17, 15) is 14.4 Å². The minimum absolute atomic E-state index is 0.203. The molecule has 1 N–H and O–H groups in total. The zero-order valence-corrected chi connectivity index (χ0v) is 23.8. The summed E-state index contributed by atoms with van der Waals surface area (Å²) < 4.78 is 12.1. The maximum atomic E-state index is 12.9. The van der Waals surface area contributed by atoms with Crippen LogP contribution >= 0.6 is 39.3 Å². The fourth-order valence-corrected chi connectivity index (χ4v) is 5.29. The summed E-state index contributed by atoms with van der Waals surface area (Å²) >= 11 is 10.5. The van der Waals surface area contributed by atoms with Gasteiger partial charge in [0.2, 0.25) is 5.91 Å². The molecule has 38 heavy (non-hydrogen) atoms. The SMILES string of the molecule is CCc1ccc(NC(=O)CN2C(=O)S/C(=C/c3cc(Br)c(OCc4ccccc4Cl)c(OC)c3)C2=O)cc1. The summed E-state index contributed by atoms with van der Waals surface area (Å²) in [5.41, 5.74) is 3.18. The summed E-state index contributed by atoms with van der Waals surface area (Å²) in [6.07, 6.45) is 2.47. The number of nitrogens with zero attached hydrogens (tertiary/aromatic N) is 1. The number of anilines is 1. The van der Waals surface area contributed by atoms with E-state index >= 15 is 0 Å². The number of imide groups is 1. The van der Waals surface area contributed by atoms with Crippen LogP contribution in [0.5, 0.6) is 11.5 Å². The normalized spacial score (nSPS) is 14.2. The van der Waals surface area contributed by atoms with Gasteiger partial charge in [-0.05, 0) is 81.6 Å². The average Bonchev–Trinajstić information content (AvgIpc) is 3.16. The number of carbonyl (C=O) groups excluding carboxylic acids is 3. The van der Waals surface area contributed by atoms with Crippen molar-refractivity contribution in [2.75, 3.05) is 19.0 Å². The number of aryl methyl sites for hydroxylation is 1. The van der Waals surface area contributed by atoms with Crippen LogP contribution in [0, 0.1) is 0 Å². The number of amides is 3. The van der Waals surface area contributed by atoms with Crippen molar-refractivity contribution in [3.05, 3.63) is 91.8 Å². The molecule has 0 bridgehead atoms. The standard InChI is InChI=1S/C28H24BrClN2O5S/c1-3-17-8-10-20(11-9-17)31-25(33)15-32-27(34)24(38-28(32)35)14-18-12-21(29)26(23(13-18)36-2)37-16-19-6-4-5-7-22(19)30/h4-14H,3,15-16H2,1-2H3,(H,31,33)/b24-14+. The summed E-state index contributed by atoms with van der Waals surface area (Å²) in [6, 6.07) is 18.2. The molecule has 10 heteroatoms. The van der Waals surface area contributed by atoms with Gasteiger partial charge in [0.15, 0.2) is 11.5 Å². The molecular weight excluding hydrogens is 592 g/mol.